The van der Waals surface area contributed by atoms with Gasteiger partial charge >= 0.3 is 0 Å². The number of hydrogen-bond acceptors (Lipinski definition) is 4. The first-order valence-corrected chi connectivity index (χ1v) is 8.31. The van der Waals surface area contributed by atoms with Gasteiger partial charge in [0.15, 0.2) is 0 Å². The van der Waals surface area contributed by atoms with Crippen LogP contribution in [-0.2, 0) is 9.53 Å². The van der Waals surface area contributed by atoms with E-state index < -0.39 is 5.72 Å². The minimum absolute atomic E-state index is 0.0664. The Balaban J connectivity index is 1.83. The van der Waals surface area contributed by atoms with Gasteiger partial charge in [-0.25, -0.2) is 0 Å². The monoisotopic (exact) mass is 315 g/mol. The molecule has 0 unspecified atom stereocenters. The zero-order valence-electron chi connectivity index (χ0n) is 14.4. The van der Waals surface area contributed by atoms with Crippen molar-refractivity contribution in [3.63, 3.8) is 0 Å². The molecule has 23 heavy (non-hydrogen) atoms. The van der Waals surface area contributed by atoms with Crippen molar-refractivity contribution in [2.24, 2.45) is 16.4 Å². The lowest BCUT2D eigenvalue weighted by Gasteiger charge is -2.43. The molecule has 2 heterocycles. The van der Waals surface area contributed by atoms with Crippen LogP contribution in [0.5, 0.6) is 0 Å². The second-order valence-electron chi connectivity index (χ2n) is 7.66. The average molecular weight is 315 g/mol. The zero-order chi connectivity index (χ0) is 16.7. The molecule has 0 aromatic carbocycles. The zero-order valence-corrected chi connectivity index (χ0v) is 14.4. The Morgan fingerprint density at radius 3 is 2.39 bits per heavy atom. The lowest BCUT2D eigenvalue weighted by molar-refractivity contribution is -0.155. The summed E-state index contributed by atoms with van der Waals surface area (Å²) in [5.41, 5.74) is 0.545. The summed E-state index contributed by atoms with van der Waals surface area (Å²) in [7, 11) is 0. The van der Waals surface area contributed by atoms with Gasteiger partial charge < -0.3 is 4.74 Å². The number of hydrazone groups is 1. The van der Waals surface area contributed by atoms with E-state index in [1.54, 1.807) is 24.3 Å². The Labute approximate surface area is 137 Å². The summed E-state index contributed by atoms with van der Waals surface area (Å²) >= 11 is 0. The van der Waals surface area contributed by atoms with E-state index in [0.29, 0.717) is 11.8 Å². The molecule has 1 aromatic rings. The van der Waals surface area contributed by atoms with Crippen LogP contribution >= 0.6 is 0 Å². The maximum Gasteiger partial charge on any atom is 0.243 e. The molecule has 3 rings (SSSR count). The van der Waals surface area contributed by atoms with Gasteiger partial charge in [-0.1, -0.05) is 20.8 Å². The summed E-state index contributed by atoms with van der Waals surface area (Å²) in [6, 6.07) is 3.72. The Bertz CT molecular complexity index is 611. The predicted octanol–water partition coefficient (Wildman–Crippen LogP) is 3.55. The molecule has 1 aromatic heterocycles. The molecule has 0 atom stereocenters. The van der Waals surface area contributed by atoms with Crippen molar-refractivity contribution in [1.82, 2.24) is 9.99 Å². The Morgan fingerprint density at radius 1 is 1.26 bits per heavy atom. The normalized spacial score (nSPS) is 27.7. The third-order valence-corrected chi connectivity index (χ3v) is 5.08. The third-order valence-electron chi connectivity index (χ3n) is 5.08. The number of rotatable bonds is 1. The Kier molecular flexibility index (Phi) is 3.90. The van der Waals surface area contributed by atoms with Crippen molar-refractivity contribution in [2.45, 2.75) is 59.1 Å². The number of ether oxygens (including phenoxy) is 1. The van der Waals surface area contributed by atoms with E-state index in [2.05, 4.69) is 30.9 Å². The number of pyridine rings is 1. The fraction of sp³-hybridized carbons (Fsp3) is 0.611. The summed E-state index contributed by atoms with van der Waals surface area (Å²) in [6.07, 6.45) is 7.17. The molecule has 0 saturated heterocycles. The lowest BCUT2D eigenvalue weighted by Crippen LogP contribution is -2.50. The van der Waals surface area contributed by atoms with Crippen LogP contribution in [0.25, 0.3) is 0 Å². The summed E-state index contributed by atoms with van der Waals surface area (Å²) in [5, 5.41) is 6.03. The first kappa shape index (κ1) is 16.0. The molecule has 1 aliphatic carbocycles. The van der Waals surface area contributed by atoms with Gasteiger partial charge in [0.1, 0.15) is 0 Å². The summed E-state index contributed by atoms with van der Waals surface area (Å²) in [5.74, 6) is 1.11. The largest absolute Gasteiger partial charge is 0.447 e. The van der Waals surface area contributed by atoms with Crippen LogP contribution in [0.4, 0.5) is 0 Å². The first-order chi connectivity index (χ1) is 10.8. The van der Waals surface area contributed by atoms with Crippen LogP contribution in [0.1, 0.15) is 58.9 Å². The van der Waals surface area contributed by atoms with Crippen molar-refractivity contribution < 1.29 is 9.53 Å². The maximum atomic E-state index is 12.1. The van der Waals surface area contributed by atoms with Gasteiger partial charge in [-0.3, -0.25) is 9.78 Å². The number of amides is 1. The third kappa shape index (κ3) is 2.96. The Morgan fingerprint density at radius 2 is 1.87 bits per heavy atom. The topological polar surface area (TPSA) is 54.8 Å². The number of aromatic nitrogens is 1. The SMILES string of the molecule is CC(=O)N1N=C(c2ccncc2)OC12CCC(C(C)(C)C)CC2. The van der Waals surface area contributed by atoms with E-state index in [4.69, 9.17) is 4.74 Å². The van der Waals surface area contributed by atoms with Gasteiger partial charge in [-0.2, -0.15) is 5.01 Å². The van der Waals surface area contributed by atoms with Crippen LogP contribution in [0.3, 0.4) is 0 Å². The second-order valence-corrected chi connectivity index (χ2v) is 7.66. The smallest absolute Gasteiger partial charge is 0.243 e. The van der Waals surface area contributed by atoms with Crippen molar-refractivity contribution in [3.8, 4) is 0 Å². The average Bonchev–Trinajstić information content (AvgIpc) is 2.87. The predicted molar refractivity (Wildman–Crippen MR) is 88.5 cm³/mol. The highest BCUT2D eigenvalue weighted by Gasteiger charge is 2.50. The maximum absolute atomic E-state index is 12.1. The number of carbonyl (C=O) groups is 1. The highest BCUT2D eigenvalue weighted by atomic mass is 16.6. The van der Waals surface area contributed by atoms with E-state index in [9.17, 15) is 4.79 Å². The van der Waals surface area contributed by atoms with Crippen molar-refractivity contribution in [3.05, 3.63) is 30.1 Å². The van der Waals surface area contributed by atoms with Crippen molar-refractivity contribution in [2.75, 3.05) is 0 Å². The summed E-state index contributed by atoms with van der Waals surface area (Å²) in [6.45, 7) is 8.41. The molecule has 1 aliphatic heterocycles. The summed E-state index contributed by atoms with van der Waals surface area (Å²) in [4.78, 5) is 16.1. The molecule has 1 spiro atoms. The van der Waals surface area contributed by atoms with Crippen LogP contribution in [0.2, 0.25) is 0 Å². The minimum atomic E-state index is -0.605. The first-order valence-electron chi connectivity index (χ1n) is 8.31. The number of hydrogen-bond donors (Lipinski definition) is 0. The molecule has 0 radical (unpaired) electrons. The van der Waals surface area contributed by atoms with Gasteiger partial charge in [0.25, 0.3) is 0 Å². The fourth-order valence-corrected chi connectivity index (χ4v) is 3.64. The summed E-state index contributed by atoms with van der Waals surface area (Å²) < 4.78 is 6.24. The molecule has 2 aliphatic rings. The molecule has 5 nitrogen and oxygen atoms in total. The van der Waals surface area contributed by atoms with Crippen molar-refractivity contribution in [1.29, 1.82) is 0 Å². The Hall–Kier alpha value is -1.91. The minimum Gasteiger partial charge on any atom is -0.447 e. The molecule has 1 amide bonds. The fourth-order valence-electron chi connectivity index (χ4n) is 3.64. The van der Waals surface area contributed by atoms with Gasteiger partial charge in [0.05, 0.1) is 0 Å². The van der Waals surface area contributed by atoms with E-state index >= 15 is 0 Å². The van der Waals surface area contributed by atoms with Gasteiger partial charge in [0, 0.05) is 37.7 Å². The molecular formula is C18H25N3O2. The highest BCUT2D eigenvalue weighted by Crippen LogP contribution is 2.46. The molecule has 124 valence electrons. The van der Waals surface area contributed by atoms with Gasteiger partial charge in [-0.15, -0.1) is 5.10 Å². The molecule has 0 N–H and O–H groups in total. The quantitative estimate of drug-likeness (QED) is 0.796. The van der Waals surface area contributed by atoms with Crippen LogP contribution in [0.15, 0.2) is 29.6 Å². The highest BCUT2D eigenvalue weighted by molar-refractivity contribution is 5.96. The standard InChI is InChI=1S/C18H25N3O2/c1-13(22)21-18(9-5-15(6-10-18)17(2,3)4)23-16(20-21)14-7-11-19-12-8-14/h7-8,11-12,15H,5-6,9-10H2,1-4H3. The second kappa shape index (κ2) is 5.62. The van der Waals surface area contributed by atoms with E-state index in [1.807, 2.05) is 12.1 Å². The van der Waals surface area contributed by atoms with E-state index in [0.717, 1.165) is 31.2 Å². The van der Waals surface area contributed by atoms with Crippen molar-refractivity contribution >= 4 is 11.8 Å². The van der Waals surface area contributed by atoms with E-state index in [1.165, 1.54) is 0 Å². The van der Waals surface area contributed by atoms with Crippen LogP contribution in [0, 0.1) is 11.3 Å². The van der Waals surface area contributed by atoms with E-state index in [-0.39, 0.29) is 11.3 Å². The molecule has 0 bridgehead atoms. The molecule has 5 heteroatoms. The lowest BCUT2D eigenvalue weighted by atomic mass is 9.70. The molecule has 1 fully saturated rings. The van der Waals surface area contributed by atoms with Gasteiger partial charge in [-0.05, 0) is 36.3 Å². The van der Waals surface area contributed by atoms with Gasteiger partial charge in [0.2, 0.25) is 17.5 Å². The van der Waals surface area contributed by atoms with Crippen LogP contribution in [-0.4, -0.2) is 27.5 Å². The molecule has 1 saturated carbocycles. The molecular weight excluding hydrogens is 290 g/mol. The number of nitrogens with zero attached hydrogens (tertiary/aromatic N) is 3. The number of carbonyl (C=O) groups excluding carboxylic acids is 1. The van der Waals surface area contributed by atoms with Crippen LogP contribution < -0.4 is 0 Å².